The van der Waals surface area contributed by atoms with Crippen LogP contribution in [0.1, 0.15) is 24.8 Å². The molecule has 0 spiro atoms. The van der Waals surface area contributed by atoms with Crippen molar-refractivity contribution in [2.45, 2.75) is 25.8 Å². The summed E-state index contributed by atoms with van der Waals surface area (Å²) in [6.07, 6.45) is 5.42. The second-order valence-corrected chi connectivity index (χ2v) is 6.67. The highest BCUT2D eigenvalue weighted by molar-refractivity contribution is 5.75. The van der Waals surface area contributed by atoms with E-state index in [0.717, 1.165) is 29.8 Å². The second kappa shape index (κ2) is 7.19. The zero-order valence-corrected chi connectivity index (χ0v) is 14.0. The van der Waals surface area contributed by atoms with Gasteiger partial charge in [0.2, 0.25) is 0 Å². The molecule has 1 fully saturated rings. The number of nitrogens with zero attached hydrogens (tertiary/aromatic N) is 2. The monoisotopic (exact) mass is 343 g/mol. The largest absolute Gasteiger partial charge is 0.481 e. The molecule has 1 unspecified atom stereocenters. The minimum Gasteiger partial charge on any atom is -0.481 e. The number of rotatable bonds is 6. The average molecular weight is 343 g/mol. The van der Waals surface area contributed by atoms with Crippen molar-refractivity contribution < 1.29 is 14.3 Å². The van der Waals surface area contributed by atoms with Gasteiger partial charge in [-0.05, 0) is 50.1 Å². The van der Waals surface area contributed by atoms with Crippen LogP contribution in [0.25, 0.3) is 11.3 Å². The van der Waals surface area contributed by atoms with Gasteiger partial charge in [0.25, 0.3) is 0 Å². The van der Waals surface area contributed by atoms with E-state index in [1.807, 2.05) is 0 Å². The van der Waals surface area contributed by atoms with Gasteiger partial charge in [-0.1, -0.05) is 6.08 Å². The zero-order valence-electron chi connectivity index (χ0n) is 14.0. The first-order chi connectivity index (χ1) is 12.0. The van der Waals surface area contributed by atoms with Crippen LogP contribution < -0.4 is 0 Å². The van der Waals surface area contributed by atoms with Crippen molar-refractivity contribution >= 4 is 5.97 Å². The molecular formula is C19H22FN3O2. The molecule has 132 valence electrons. The Morgan fingerprint density at radius 3 is 2.88 bits per heavy atom. The number of carbonyl (C=O) groups is 1. The summed E-state index contributed by atoms with van der Waals surface area (Å²) in [4.78, 5) is 14.0. The summed E-state index contributed by atoms with van der Waals surface area (Å²) >= 11 is 0. The Labute approximate surface area is 146 Å². The van der Waals surface area contributed by atoms with Crippen LogP contribution in [0.4, 0.5) is 4.39 Å². The highest BCUT2D eigenvalue weighted by atomic mass is 19.1. The SMILES string of the molecule is C=CCC1(C(=O)O)CCCN(Cc2cn[nH]c2-c2ccc(F)cc2)C1. The van der Waals surface area contributed by atoms with Gasteiger partial charge in [0.15, 0.2) is 0 Å². The van der Waals surface area contributed by atoms with Gasteiger partial charge in [-0.2, -0.15) is 5.10 Å². The van der Waals surface area contributed by atoms with E-state index in [4.69, 9.17) is 0 Å². The summed E-state index contributed by atoms with van der Waals surface area (Å²) in [6.45, 7) is 5.66. The quantitative estimate of drug-likeness (QED) is 0.788. The Hall–Kier alpha value is -2.47. The minimum atomic E-state index is -0.764. The Morgan fingerprint density at radius 2 is 2.20 bits per heavy atom. The number of carboxylic acids is 1. The molecule has 6 heteroatoms. The first-order valence-electron chi connectivity index (χ1n) is 8.39. The Balaban J connectivity index is 1.79. The summed E-state index contributed by atoms with van der Waals surface area (Å²) in [5.41, 5.74) is 1.92. The predicted octanol–water partition coefficient (Wildman–Crippen LogP) is 3.46. The summed E-state index contributed by atoms with van der Waals surface area (Å²) in [6, 6.07) is 6.25. The van der Waals surface area contributed by atoms with Crippen molar-refractivity contribution in [1.82, 2.24) is 15.1 Å². The van der Waals surface area contributed by atoms with Crippen molar-refractivity contribution in [1.29, 1.82) is 0 Å². The Kier molecular flexibility index (Phi) is 4.99. The average Bonchev–Trinajstić information content (AvgIpc) is 3.04. The molecule has 0 aliphatic carbocycles. The maximum absolute atomic E-state index is 13.1. The first kappa shape index (κ1) is 17.4. The van der Waals surface area contributed by atoms with E-state index >= 15 is 0 Å². The number of nitrogens with one attached hydrogen (secondary N) is 1. The minimum absolute atomic E-state index is 0.281. The lowest BCUT2D eigenvalue weighted by Gasteiger charge is -2.39. The number of H-pyrrole nitrogens is 1. The van der Waals surface area contributed by atoms with E-state index in [2.05, 4.69) is 21.7 Å². The van der Waals surface area contributed by atoms with Gasteiger partial charge in [-0.3, -0.25) is 14.8 Å². The second-order valence-electron chi connectivity index (χ2n) is 6.67. The van der Waals surface area contributed by atoms with E-state index in [9.17, 15) is 14.3 Å². The third-order valence-corrected chi connectivity index (χ3v) is 4.89. The molecule has 0 bridgehead atoms. The van der Waals surface area contributed by atoms with Gasteiger partial charge in [-0.15, -0.1) is 6.58 Å². The van der Waals surface area contributed by atoms with E-state index in [0.29, 0.717) is 25.9 Å². The van der Waals surface area contributed by atoms with Crippen LogP contribution in [-0.4, -0.2) is 39.3 Å². The van der Waals surface area contributed by atoms with E-state index in [1.54, 1.807) is 24.4 Å². The van der Waals surface area contributed by atoms with Crippen molar-refractivity contribution in [3.8, 4) is 11.3 Å². The number of aromatic nitrogens is 2. The maximum Gasteiger partial charge on any atom is 0.311 e. The lowest BCUT2D eigenvalue weighted by Crippen LogP contribution is -2.47. The standard InChI is InChI=1S/C19H22FN3O2/c1-2-8-19(18(24)25)9-3-10-23(13-19)12-15-11-21-22-17(15)14-4-6-16(20)7-5-14/h2,4-7,11H,1,3,8-10,12-13H2,(H,21,22)(H,24,25). The highest BCUT2D eigenvalue weighted by Crippen LogP contribution is 2.35. The van der Waals surface area contributed by atoms with Crippen LogP contribution in [0.3, 0.4) is 0 Å². The van der Waals surface area contributed by atoms with Gasteiger partial charge in [0.1, 0.15) is 5.82 Å². The number of hydrogen-bond donors (Lipinski definition) is 2. The summed E-state index contributed by atoms with van der Waals surface area (Å²) in [5.74, 6) is -1.04. The smallest absolute Gasteiger partial charge is 0.311 e. The highest BCUT2D eigenvalue weighted by Gasteiger charge is 2.41. The van der Waals surface area contributed by atoms with Crippen molar-refractivity contribution in [2.75, 3.05) is 13.1 Å². The van der Waals surface area contributed by atoms with Crippen LogP contribution in [0.5, 0.6) is 0 Å². The molecule has 1 atom stereocenters. The number of hydrogen-bond acceptors (Lipinski definition) is 3. The zero-order chi connectivity index (χ0) is 17.9. The fourth-order valence-corrected chi connectivity index (χ4v) is 3.61. The molecule has 3 rings (SSSR count). The predicted molar refractivity (Wildman–Crippen MR) is 93.4 cm³/mol. The van der Waals surface area contributed by atoms with Crippen LogP contribution in [0.15, 0.2) is 43.1 Å². The third kappa shape index (κ3) is 3.64. The molecule has 0 amide bonds. The molecule has 2 N–H and O–H groups in total. The number of likely N-dealkylation sites (tertiary alicyclic amines) is 1. The molecular weight excluding hydrogens is 321 g/mol. The van der Waals surface area contributed by atoms with Crippen molar-refractivity contribution in [3.05, 3.63) is 54.5 Å². The molecule has 2 heterocycles. The lowest BCUT2D eigenvalue weighted by atomic mass is 9.77. The van der Waals surface area contributed by atoms with Gasteiger partial charge in [0, 0.05) is 24.2 Å². The summed E-state index contributed by atoms with van der Waals surface area (Å²) in [7, 11) is 0. The molecule has 1 aromatic heterocycles. The number of aromatic amines is 1. The first-order valence-corrected chi connectivity index (χ1v) is 8.39. The molecule has 1 aliphatic heterocycles. The normalized spacial score (nSPS) is 21.2. The van der Waals surface area contributed by atoms with Gasteiger partial charge in [-0.25, -0.2) is 4.39 Å². The molecule has 1 aliphatic rings. The summed E-state index contributed by atoms with van der Waals surface area (Å²) in [5, 5.41) is 16.8. The van der Waals surface area contributed by atoms with Crippen LogP contribution in [0, 0.1) is 11.2 Å². The maximum atomic E-state index is 13.1. The van der Waals surface area contributed by atoms with Crippen molar-refractivity contribution in [2.24, 2.45) is 5.41 Å². The molecule has 2 aromatic rings. The molecule has 1 aromatic carbocycles. The van der Waals surface area contributed by atoms with Gasteiger partial charge < -0.3 is 5.11 Å². The fourth-order valence-electron chi connectivity index (χ4n) is 3.61. The Bertz CT molecular complexity index is 756. The van der Waals surface area contributed by atoms with E-state index in [1.165, 1.54) is 12.1 Å². The third-order valence-electron chi connectivity index (χ3n) is 4.89. The molecule has 0 saturated carbocycles. The molecule has 1 saturated heterocycles. The number of aliphatic carboxylic acids is 1. The lowest BCUT2D eigenvalue weighted by molar-refractivity contribution is -0.152. The van der Waals surface area contributed by atoms with Crippen LogP contribution in [-0.2, 0) is 11.3 Å². The number of carboxylic acid groups (broad SMARTS) is 1. The number of benzene rings is 1. The summed E-state index contributed by atoms with van der Waals surface area (Å²) < 4.78 is 13.1. The number of allylic oxidation sites excluding steroid dienone is 1. The molecule has 0 radical (unpaired) electrons. The van der Waals surface area contributed by atoms with Gasteiger partial charge in [0.05, 0.1) is 17.3 Å². The molecule has 25 heavy (non-hydrogen) atoms. The van der Waals surface area contributed by atoms with Crippen LogP contribution >= 0.6 is 0 Å². The van der Waals surface area contributed by atoms with Gasteiger partial charge >= 0.3 is 5.97 Å². The van der Waals surface area contributed by atoms with E-state index < -0.39 is 11.4 Å². The number of halogens is 1. The number of piperidine rings is 1. The van der Waals surface area contributed by atoms with Crippen LogP contribution in [0.2, 0.25) is 0 Å². The van der Waals surface area contributed by atoms with E-state index in [-0.39, 0.29) is 5.82 Å². The fraction of sp³-hybridized carbons (Fsp3) is 0.368. The topological polar surface area (TPSA) is 69.2 Å². The molecule has 5 nitrogen and oxygen atoms in total. The Morgan fingerprint density at radius 1 is 1.44 bits per heavy atom. The van der Waals surface area contributed by atoms with Crippen molar-refractivity contribution in [3.63, 3.8) is 0 Å².